The zero-order chi connectivity index (χ0) is 59.7. The Kier molecular flexibility index (Phi) is 17.2. The zero-order valence-corrected chi connectivity index (χ0v) is 47.8. The van der Waals surface area contributed by atoms with Gasteiger partial charge in [-0.25, -0.2) is 34.3 Å². The average molecular weight is 1170 g/mol. The highest BCUT2D eigenvalue weighted by Crippen LogP contribution is 2.42. The van der Waals surface area contributed by atoms with Crippen LogP contribution >= 0.6 is 0 Å². The van der Waals surface area contributed by atoms with Gasteiger partial charge in [0.25, 0.3) is 0 Å². The molecule has 3 aliphatic heterocycles. The van der Waals surface area contributed by atoms with Gasteiger partial charge in [0, 0.05) is 85.8 Å². The van der Waals surface area contributed by atoms with Crippen molar-refractivity contribution in [1.82, 2.24) is 60.5 Å². The number of nitrogens with zero attached hydrogens (tertiary/aromatic N) is 12. The van der Waals surface area contributed by atoms with Crippen LogP contribution in [0.4, 0.5) is 48.2 Å². The van der Waals surface area contributed by atoms with Gasteiger partial charge < -0.3 is 26.2 Å². The summed E-state index contributed by atoms with van der Waals surface area (Å²) < 4.78 is 96.6. The molecule has 7 N–H and O–H groups in total. The number of nitrogens with one attached hydrogen (secondary N) is 3. The first-order valence-corrected chi connectivity index (χ1v) is 28.5. The quantitative estimate of drug-likeness (QED) is 0.0804. The molecular weight excluding hydrogens is 1090 g/mol. The second-order valence-electron chi connectivity index (χ2n) is 23.7. The third kappa shape index (κ3) is 12.9. The van der Waals surface area contributed by atoms with E-state index in [4.69, 9.17) is 11.5 Å². The lowest BCUT2D eigenvalue weighted by Crippen LogP contribution is -2.49. The summed E-state index contributed by atoms with van der Waals surface area (Å²) in [6.07, 6.45) is 1.18. The fraction of sp³-hybridized carbons (Fsp3) is 0.450. The largest absolute Gasteiger partial charge is 0.418 e. The number of alkyl halides is 6. The van der Waals surface area contributed by atoms with Crippen molar-refractivity contribution in [3.05, 3.63) is 108 Å². The summed E-state index contributed by atoms with van der Waals surface area (Å²) >= 11 is 0. The molecular formula is C60H78F7N17. The van der Waals surface area contributed by atoms with Gasteiger partial charge >= 0.3 is 12.4 Å². The van der Waals surface area contributed by atoms with Crippen molar-refractivity contribution < 1.29 is 36.4 Å². The first-order valence-electron chi connectivity index (χ1n) is 28.5. The van der Waals surface area contributed by atoms with E-state index < -0.39 is 23.5 Å². The molecule has 0 radical (unpaired) electrons. The number of hydrogen-bond donors (Lipinski definition) is 5. The molecule has 3 saturated heterocycles. The molecule has 5 atom stereocenters. The summed E-state index contributed by atoms with van der Waals surface area (Å²) in [6.45, 7) is 18.3. The van der Waals surface area contributed by atoms with Crippen LogP contribution in [-0.2, 0) is 12.4 Å². The molecule has 12 rings (SSSR count). The lowest BCUT2D eigenvalue weighted by Gasteiger charge is -2.41. The van der Waals surface area contributed by atoms with Gasteiger partial charge in [-0.2, -0.15) is 41.6 Å². The maximum absolute atomic E-state index is 14.6. The Morgan fingerprint density at radius 2 is 1.05 bits per heavy atom. The van der Waals surface area contributed by atoms with Gasteiger partial charge in [0.15, 0.2) is 22.8 Å². The van der Waals surface area contributed by atoms with Crippen LogP contribution in [0.15, 0.2) is 91.4 Å². The first-order chi connectivity index (χ1) is 40.0. The Balaban J connectivity index is 0.000000206. The summed E-state index contributed by atoms with van der Waals surface area (Å²) in [7, 11) is 0. The summed E-state index contributed by atoms with van der Waals surface area (Å²) in [5.41, 5.74) is 13.1. The fourth-order valence-electron chi connectivity index (χ4n) is 11.8. The lowest BCUT2D eigenvalue weighted by atomic mass is 9.76. The number of H-pyrrole nitrogens is 3. The van der Waals surface area contributed by atoms with Gasteiger partial charge in [0.1, 0.15) is 34.5 Å². The van der Waals surface area contributed by atoms with Gasteiger partial charge in [-0.05, 0) is 146 Å². The molecule has 0 aromatic carbocycles. The zero-order valence-electron chi connectivity index (χ0n) is 47.8. The third-order valence-corrected chi connectivity index (χ3v) is 16.2. The Hall–Kier alpha value is -7.86. The highest BCUT2D eigenvalue weighted by molar-refractivity contribution is 5.92. The van der Waals surface area contributed by atoms with Crippen LogP contribution in [0.1, 0.15) is 90.5 Å². The Labute approximate surface area is 487 Å². The molecule has 3 fully saturated rings. The Morgan fingerprint density at radius 1 is 0.595 bits per heavy atom. The minimum absolute atomic E-state index is 0. The summed E-state index contributed by atoms with van der Waals surface area (Å²) in [5, 5.41) is 22.3. The number of anilines is 3. The number of halogens is 7. The topological polar surface area (TPSA) is 225 Å². The summed E-state index contributed by atoms with van der Waals surface area (Å²) in [6, 6.07) is 18.9. The van der Waals surface area contributed by atoms with Gasteiger partial charge in [-0.15, -0.1) is 0 Å². The minimum atomic E-state index is -4.53. The molecule has 452 valence electrons. The highest BCUT2D eigenvalue weighted by atomic mass is 19.4. The summed E-state index contributed by atoms with van der Waals surface area (Å²) in [5.74, 6) is 3.66. The van der Waals surface area contributed by atoms with E-state index in [0.29, 0.717) is 94.3 Å². The maximum atomic E-state index is 14.6. The number of aromatic nitrogens is 12. The van der Waals surface area contributed by atoms with Crippen LogP contribution in [0.2, 0.25) is 0 Å². The second-order valence-corrected chi connectivity index (χ2v) is 23.7. The molecule has 9 aromatic heterocycles. The molecule has 0 spiro atoms. The molecule has 0 bridgehead atoms. The van der Waals surface area contributed by atoms with Gasteiger partial charge in [-0.3, -0.25) is 15.3 Å². The second kappa shape index (κ2) is 24.4. The third-order valence-electron chi connectivity index (χ3n) is 16.2. The number of piperidine rings is 2. The van der Waals surface area contributed by atoms with Crippen molar-refractivity contribution >= 4 is 50.6 Å². The molecule has 17 nitrogen and oxygen atoms in total. The number of hydrogen-bond acceptors (Lipinski definition) is 14. The monoisotopic (exact) mass is 1170 g/mol. The van der Waals surface area contributed by atoms with Crippen LogP contribution in [0.5, 0.6) is 0 Å². The molecule has 9 aromatic rings. The van der Waals surface area contributed by atoms with Crippen molar-refractivity contribution in [1.29, 1.82) is 0 Å². The molecule has 3 aliphatic rings. The molecule has 0 amide bonds. The predicted octanol–water partition coefficient (Wildman–Crippen LogP) is 13.1. The van der Waals surface area contributed by atoms with Gasteiger partial charge in [0.05, 0.1) is 28.2 Å². The molecule has 24 heteroatoms. The van der Waals surface area contributed by atoms with Crippen molar-refractivity contribution in [2.45, 2.75) is 92.0 Å². The number of fused-ring (bicyclic) bond motifs is 3. The normalized spacial score (nSPS) is 19.2. The number of pyridine rings is 6. The standard InChI is InChI=1S/C21H24F3N5.C21H27FN6.C18H19F3N6.4H2/c1-13(2)11-14-5-4-10-29(12-14)17-8-7-16(21(22,23)24)19(26-17)18-15-6-3-9-25-20(15)28-27-18;1-21(2,3)19(23)13-6-5-11-28(12-13)16-9-8-15(22)18(25-16)17-14-7-4-10-24-20(14)27-26-17;1-10-8-27(9-11(10)7-22)14-5-4-13(18(19,20)21)16(24-14)15-12-3-2-6-23-17(12)26-25-15;;;;/h3,6-9,13-14H,4-5,10-12H2,1-2H3,(H,25,27,28);4,7-10,13,19H,5-6,11-12,23H2,1-3H3,(H,24,26,27);2-6,10-11H,7-9,22H2,1H3,(H,23,25,26);4*1H. The Bertz CT molecular complexity index is 3720. The van der Waals surface area contributed by atoms with E-state index in [0.717, 1.165) is 81.6 Å². The van der Waals surface area contributed by atoms with Crippen LogP contribution in [-0.4, -0.2) is 112 Å². The van der Waals surface area contributed by atoms with E-state index in [9.17, 15) is 30.7 Å². The number of aromatic amines is 3. The van der Waals surface area contributed by atoms with Crippen molar-refractivity contribution in [2.24, 2.45) is 46.5 Å². The van der Waals surface area contributed by atoms with Crippen LogP contribution < -0.4 is 26.2 Å². The van der Waals surface area contributed by atoms with E-state index in [1.807, 2.05) is 17.0 Å². The molecule has 12 heterocycles. The SMILES string of the molecule is CC(C)(C)C(N)C1CCCN(c2ccc(F)c(-c3[nH]nc4ncccc34)n2)C1.CC(C)CC1CCCN(c2ccc(C(F)(F)F)c(-c3[nH]nc4ncccc34)n2)C1.CC1CN(c2ccc(C(F)(F)F)c(-c3[nH]nc4ncccc34)n2)CC1CN.[HH].[HH].[HH].[HH]. The van der Waals surface area contributed by atoms with Crippen molar-refractivity contribution in [3.8, 4) is 34.2 Å². The molecule has 0 aliphatic carbocycles. The number of rotatable bonds is 10. The van der Waals surface area contributed by atoms with E-state index >= 15 is 0 Å². The summed E-state index contributed by atoms with van der Waals surface area (Å²) in [4.78, 5) is 32.2. The number of nitrogens with two attached hydrogens (primary N) is 2. The van der Waals surface area contributed by atoms with Crippen molar-refractivity contribution in [3.63, 3.8) is 0 Å². The van der Waals surface area contributed by atoms with Gasteiger partial charge in [-0.1, -0.05) is 41.5 Å². The lowest BCUT2D eigenvalue weighted by molar-refractivity contribution is -0.138. The van der Waals surface area contributed by atoms with Gasteiger partial charge in [0.2, 0.25) is 0 Å². The maximum Gasteiger partial charge on any atom is 0.418 e. The van der Waals surface area contributed by atoms with E-state index in [1.165, 1.54) is 18.2 Å². The molecule has 5 unspecified atom stereocenters. The van der Waals surface area contributed by atoms with Crippen LogP contribution in [0.25, 0.3) is 67.3 Å². The Morgan fingerprint density at radius 3 is 1.51 bits per heavy atom. The molecule has 84 heavy (non-hydrogen) atoms. The molecule has 0 saturated carbocycles. The van der Waals surface area contributed by atoms with E-state index in [-0.39, 0.29) is 51.5 Å². The van der Waals surface area contributed by atoms with Crippen LogP contribution in [0, 0.1) is 40.8 Å². The predicted molar refractivity (Wildman–Crippen MR) is 320 cm³/mol. The fourth-order valence-corrected chi connectivity index (χ4v) is 11.8. The van der Waals surface area contributed by atoms with Crippen molar-refractivity contribution in [2.75, 3.05) is 60.5 Å². The smallest absolute Gasteiger partial charge is 0.356 e. The van der Waals surface area contributed by atoms with E-state index in [1.54, 1.807) is 48.9 Å². The average Bonchev–Trinajstić information content (AvgIpc) is 1.54. The van der Waals surface area contributed by atoms with Crippen LogP contribution in [0.3, 0.4) is 0 Å². The van der Waals surface area contributed by atoms with E-state index in [2.05, 4.69) is 112 Å². The first kappa shape index (κ1) is 59.3. The minimum Gasteiger partial charge on any atom is -0.356 e. The highest BCUT2D eigenvalue weighted by Gasteiger charge is 2.39.